The number of benzene rings is 1. The first-order valence-corrected chi connectivity index (χ1v) is 7.51. The summed E-state index contributed by atoms with van der Waals surface area (Å²) in [5, 5.41) is 5.63. The molecular weight excluding hydrogens is 255 g/mol. The van der Waals surface area contributed by atoms with E-state index in [1.165, 1.54) is 31.7 Å². The first-order chi connectivity index (χ1) is 9.75. The monoisotopic (exact) mass is 278 g/mol. The molecule has 0 unspecified atom stereocenters. The number of carbonyl (C=O) groups excluding carboxylic acids is 1. The molecule has 2 rings (SSSR count). The van der Waals surface area contributed by atoms with E-state index in [-0.39, 0.29) is 11.8 Å². The lowest BCUT2D eigenvalue weighted by Crippen LogP contribution is -2.37. The van der Waals surface area contributed by atoms with Gasteiger partial charge in [-0.2, -0.15) is 0 Å². The molecule has 110 valence electrons. The Morgan fingerprint density at radius 3 is 2.60 bits per heavy atom. The third-order valence-electron chi connectivity index (χ3n) is 3.95. The molecule has 0 atom stereocenters. The second-order valence-corrected chi connectivity index (χ2v) is 5.46. The normalized spacial score (nSPS) is 15.2. The predicted molar refractivity (Wildman–Crippen MR) is 78.1 cm³/mol. The molecule has 1 aliphatic rings. The van der Waals surface area contributed by atoms with Gasteiger partial charge in [0, 0.05) is 13.1 Å². The molecule has 1 saturated carbocycles. The van der Waals surface area contributed by atoms with E-state index in [9.17, 15) is 9.18 Å². The van der Waals surface area contributed by atoms with Crippen molar-refractivity contribution in [2.75, 3.05) is 13.1 Å². The molecule has 1 fully saturated rings. The number of amides is 2. The van der Waals surface area contributed by atoms with Crippen molar-refractivity contribution in [1.82, 2.24) is 10.6 Å². The molecule has 0 aromatic heterocycles. The van der Waals surface area contributed by atoms with E-state index in [1.807, 2.05) is 0 Å². The number of urea groups is 1. The van der Waals surface area contributed by atoms with Gasteiger partial charge in [0.25, 0.3) is 0 Å². The fraction of sp³-hybridized carbons (Fsp3) is 0.562. The number of rotatable bonds is 6. The van der Waals surface area contributed by atoms with Crippen LogP contribution in [-0.4, -0.2) is 19.1 Å². The molecule has 0 aliphatic heterocycles. The van der Waals surface area contributed by atoms with E-state index in [2.05, 4.69) is 10.6 Å². The Balaban J connectivity index is 1.57. The van der Waals surface area contributed by atoms with Crippen LogP contribution in [0.15, 0.2) is 24.3 Å². The average Bonchev–Trinajstić information content (AvgIpc) is 2.94. The number of halogens is 1. The van der Waals surface area contributed by atoms with E-state index in [0.29, 0.717) is 18.5 Å². The van der Waals surface area contributed by atoms with Crippen LogP contribution >= 0.6 is 0 Å². The van der Waals surface area contributed by atoms with Crippen LogP contribution in [0.25, 0.3) is 0 Å². The van der Waals surface area contributed by atoms with Crippen molar-refractivity contribution >= 4 is 6.03 Å². The van der Waals surface area contributed by atoms with Crippen LogP contribution in [0.3, 0.4) is 0 Å². The van der Waals surface area contributed by atoms with Gasteiger partial charge in [0.15, 0.2) is 0 Å². The SMILES string of the molecule is O=C(NCCc1ccccc1F)NCCC1CCCC1. The Hall–Kier alpha value is -1.58. The summed E-state index contributed by atoms with van der Waals surface area (Å²) in [5.74, 6) is 0.574. The van der Waals surface area contributed by atoms with Gasteiger partial charge in [0.1, 0.15) is 5.82 Å². The third-order valence-corrected chi connectivity index (χ3v) is 3.95. The molecule has 3 nitrogen and oxygen atoms in total. The summed E-state index contributed by atoms with van der Waals surface area (Å²) in [6.45, 7) is 1.19. The van der Waals surface area contributed by atoms with Crippen LogP contribution in [0.1, 0.15) is 37.7 Å². The number of hydrogen-bond donors (Lipinski definition) is 2. The number of nitrogens with one attached hydrogen (secondary N) is 2. The molecule has 0 radical (unpaired) electrons. The summed E-state index contributed by atoms with van der Waals surface area (Å²) in [4.78, 5) is 11.6. The molecule has 0 bridgehead atoms. The van der Waals surface area contributed by atoms with Crippen molar-refractivity contribution in [2.45, 2.75) is 38.5 Å². The Kier molecular flexibility index (Phi) is 5.84. The highest BCUT2D eigenvalue weighted by Crippen LogP contribution is 2.26. The lowest BCUT2D eigenvalue weighted by molar-refractivity contribution is 0.240. The van der Waals surface area contributed by atoms with Crippen molar-refractivity contribution in [2.24, 2.45) is 5.92 Å². The highest BCUT2D eigenvalue weighted by Gasteiger charge is 2.14. The standard InChI is InChI=1S/C16H23FN2O/c17-15-8-4-3-7-14(15)10-12-19-16(20)18-11-9-13-5-1-2-6-13/h3-4,7-8,13H,1-2,5-6,9-12H2,(H2,18,19,20). The zero-order valence-corrected chi connectivity index (χ0v) is 11.8. The minimum absolute atomic E-state index is 0.153. The molecule has 1 aliphatic carbocycles. The Morgan fingerprint density at radius 1 is 1.15 bits per heavy atom. The van der Waals surface area contributed by atoms with Gasteiger partial charge in [-0.25, -0.2) is 9.18 Å². The van der Waals surface area contributed by atoms with Crippen LogP contribution in [0, 0.1) is 11.7 Å². The van der Waals surface area contributed by atoms with Gasteiger partial charge in [-0.15, -0.1) is 0 Å². The van der Waals surface area contributed by atoms with Crippen LogP contribution in [0.5, 0.6) is 0 Å². The summed E-state index contributed by atoms with van der Waals surface area (Å²) in [5.41, 5.74) is 0.638. The zero-order chi connectivity index (χ0) is 14.2. The van der Waals surface area contributed by atoms with Crippen molar-refractivity contribution in [3.63, 3.8) is 0 Å². The van der Waals surface area contributed by atoms with Gasteiger partial charge in [-0.05, 0) is 30.4 Å². The highest BCUT2D eigenvalue weighted by molar-refractivity contribution is 5.73. The van der Waals surface area contributed by atoms with Crippen LogP contribution in [-0.2, 0) is 6.42 Å². The van der Waals surface area contributed by atoms with E-state index in [1.54, 1.807) is 18.2 Å². The third kappa shape index (κ3) is 4.83. The summed E-state index contributed by atoms with van der Waals surface area (Å²) < 4.78 is 13.4. The lowest BCUT2D eigenvalue weighted by Gasteiger charge is -2.11. The quantitative estimate of drug-likeness (QED) is 0.824. The lowest BCUT2D eigenvalue weighted by atomic mass is 10.0. The molecule has 4 heteroatoms. The Morgan fingerprint density at radius 2 is 1.85 bits per heavy atom. The molecule has 2 amide bonds. The van der Waals surface area contributed by atoms with E-state index >= 15 is 0 Å². The number of hydrogen-bond acceptors (Lipinski definition) is 1. The molecule has 0 heterocycles. The van der Waals surface area contributed by atoms with Gasteiger partial charge >= 0.3 is 6.03 Å². The van der Waals surface area contributed by atoms with Crippen molar-refractivity contribution in [3.05, 3.63) is 35.6 Å². The largest absolute Gasteiger partial charge is 0.338 e. The second-order valence-electron chi connectivity index (χ2n) is 5.46. The molecule has 20 heavy (non-hydrogen) atoms. The Labute approximate surface area is 120 Å². The van der Waals surface area contributed by atoms with Gasteiger partial charge < -0.3 is 10.6 Å². The number of carbonyl (C=O) groups is 1. The maximum Gasteiger partial charge on any atom is 0.314 e. The minimum atomic E-state index is -0.212. The van der Waals surface area contributed by atoms with Crippen LogP contribution < -0.4 is 10.6 Å². The molecule has 0 saturated heterocycles. The van der Waals surface area contributed by atoms with E-state index < -0.39 is 0 Å². The minimum Gasteiger partial charge on any atom is -0.338 e. The van der Waals surface area contributed by atoms with Gasteiger partial charge in [-0.1, -0.05) is 43.9 Å². The first-order valence-electron chi connectivity index (χ1n) is 7.51. The second kappa shape index (κ2) is 7.88. The fourth-order valence-corrected chi connectivity index (χ4v) is 2.76. The summed E-state index contributed by atoms with van der Waals surface area (Å²) >= 11 is 0. The summed E-state index contributed by atoms with van der Waals surface area (Å²) in [7, 11) is 0. The predicted octanol–water partition coefficient (Wildman–Crippen LogP) is 3.25. The summed E-state index contributed by atoms with van der Waals surface area (Å²) in [6, 6.07) is 6.51. The highest BCUT2D eigenvalue weighted by atomic mass is 19.1. The van der Waals surface area contributed by atoms with Crippen molar-refractivity contribution in [3.8, 4) is 0 Å². The Bertz CT molecular complexity index is 430. The molecule has 0 spiro atoms. The van der Waals surface area contributed by atoms with E-state index in [0.717, 1.165) is 18.9 Å². The smallest absolute Gasteiger partial charge is 0.314 e. The van der Waals surface area contributed by atoms with Crippen molar-refractivity contribution in [1.29, 1.82) is 0 Å². The molecule has 1 aromatic carbocycles. The topological polar surface area (TPSA) is 41.1 Å². The van der Waals surface area contributed by atoms with E-state index in [4.69, 9.17) is 0 Å². The summed E-state index contributed by atoms with van der Waals surface area (Å²) in [6.07, 6.45) is 6.86. The maximum absolute atomic E-state index is 13.4. The fourth-order valence-electron chi connectivity index (χ4n) is 2.76. The average molecular weight is 278 g/mol. The van der Waals surface area contributed by atoms with Gasteiger partial charge in [-0.3, -0.25) is 0 Å². The van der Waals surface area contributed by atoms with Crippen LogP contribution in [0.2, 0.25) is 0 Å². The van der Waals surface area contributed by atoms with Crippen molar-refractivity contribution < 1.29 is 9.18 Å². The van der Waals surface area contributed by atoms with Crippen LogP contribution in [0.4, 0.5) is 9.18 Å². The molecule has 2 N–H and O–H groups in total. The molecular formula is C16H23FN2O. The first kappa shape index (κ1) is 14.8. The van der Waals surface area contributed by atoms with Gasteiger partial charge in [0.05, 0.1) is 0 Å². The van der Waals surface area contributed by atoms with Gasteiger partial charge in [0.2, 0.25) is 0 Å². The zero-order valence-electron chi connectivity index (χ0n) is 11.8. The maximum atomic E-state index is 13.4. The molecule has 1 aromatic rings.